The number of methoxy groups -OCH3 is 1. The molecule has 1 heterocycles. The van der Waals surface area contributed by atoms with Gasteiger partial charge in [-0.05, 0) is 74.1 Å². The number of carbonyl (C=O) groups excluding carboxylic acids is 1. The Hall–Kier alpha value is -1.93. The monoisotopic (exact) mass is 494 g/mol. The first-order valence-corrected chi connectivity index (χ1v) is 13.8. The van der Waals surface area contributed by atoms with Gasteiger partial charge in [0.1, 0.15) is 0 Å². The van der Waals surface area contributed by atoms with Crippen molar-refractivity contribution in [1.29, 1.82) is 0 Å². The second-order valence-corrected chi connectivity index (χ2v) is 11.4. The predicted octanol–water partition coefficient (Wildman–Crippen LogP) is 6.88. The second kappa shape index (κ2) is 11.5. The van der Waals surface area contributed by atoms with Crippen LogP contribution < -0.4 is 10.2 Å². The average molecular weight is 495 g/mol. The topological polar surface area (TPSA) is 82.0 Å². The van der Waals surface area contributed by atoms with E-state index in [-0.39, 0.29) is 17.9 Å². The third-order valence-corrected chi connectivity index (χ3v) is 8.43. The minimum Gasteiger partial charge on any atom is -0.469 e. The summed E-state index contributed by atoms with van der Waals surface area (Å²) in [5, 5.41) is 4.22. The van der Waals surface area contributed by atoms with Crippen LogP contribution in [0.3, 0.4) is 0 Å². The van der Waals surface area contributed by atoms with Crippen molar-refractivity contribution in [3.05, 3.63) is 53.1 Å². The molecule has 1 aliphatic heterocycles. The summed E-state index contributed by atoms with van der Waals surface area (Å²) in [6, 6.07) is 14.2. The number of ether oxygens (including phenoxy) is 1. The minimum atomic E-state index is -2.44. The fourth-order valence-electron chi connectivity index (χ4n) is 4.46. The molecule has 1 fully saturated rings. The summed E-state index contributed by atoms with van der Waals surface area (Å²) in [4.78, 5) is 14.3. The normalized spacial score (nSPS) is 17.8. The Morgan fingerprint density at radius 3 is 2.42 bits per heavy atom. The molecule has 3 N–H and O–H groups in total. The number of nitrogens with zero attached hydrogens (tertiary/aromatic N) is 1. The standard InChI is InChI=1S/C25H35ClN2O4S/c1-4-18(17-25(29)32-3)19-6-11-24(23(16-19)27-21-9-7-20(26)8-10-21)28(5-2)22-12-14-33(30,31)15-13-22/h6-11,16,18,22,27,30-31H,4-5,12-15,17H2,1-3H3. The number of benzene rings is 2. The molecule has 1 saturated heterocycles. The Bertz CT molecular complexity index is 929. The van der Waals surface area contributed by atoms with Crippen LogP contribution in [0.25, 0.3) is 0 Å². The third kappa shape index (κ3) is 6.79. The predicted molar refractivity (Wildman–Crippen MR) is 139 cm³/mol. The van der Waals surface area contributed by atoms with Gasteiger partial charge in [-0.15, -0.1) is 0 Å². The van der Waals surface area contributed by atoms with Crippen molar-refractivity contribution < 1.29 is 18.6 Å². The van der Waals surface area contributed by atoms with Gasteiger partial charge in [-0.25, -0.2) is 0 Å². The molecule has 0 spiro atoms. The van der Waals surface area contributed by atoms with E-state index in [1.165, 1.54) is 7.11 Å². The molecule has 6 nitrogen and oxygen atoms in total. The lowest BCUT2D eigenvalue weighted by molar-refractivity contribution is -0.141. The van der Waals surface area contributed by atoms with Crippen molar-refractivity contribution in [1.82, 2.24) is 0 Å². The molecule has 2 aromatic carbocycles. The van der Waals surface area contributed by atoms with Crippen LogP contribution in [0.5, 0.6) is 0 Å². The fourth-order valence-corrected chi connectivity index (χ4v) is 6.09. The highest BCUT2D eigenvalue weighted by Crippen LogP contribution is 2.46. The van der Waals surface area contributed by atoms with Crippen molar-refractivity contribution in [2.75, 3.05) is 35.4 Å². The molecular formula is C25H35ClN2O4S. The first kappa shape index (κ1) is 25.7. The lowest BCUT2D eigenvalue weighted by atomic mass is 9.92. The van der Waals surface area contributed by atoms with E-state index in [9.17, 15) is 13.9 Å². The molecule has 182 valence electrons. The van der Waals surface area contributed by atoms with E-state index in [1.807, 2.05) is 24.3 Å². The van der Waals surface area contributed by atoms with Crippen LogP contribution in [0.4, 0.5) is 17.1 Å². The Kier molecular flexibility index (Phi) is 8.93. The van der Waals surface area contributed by atoms with E-state index >= 15 is 0 Å². The van der Waals surface area contributed by atoms with Crippen LogP contribution in [0, 0.1) is 0 Å². The Morgan fingerprint density at radius 2 is 1.85 bits per heavy atom. The average Bonchev–Trinajstić information content (AvgIpc) is 2.81. The van der Waals surface area contributed by atoms with Crippen LogP contribution in [0.15, 0.2) is 42.5 Å². The van der Waals surface area contributed by atoms with Gasteiger partial charge < -0.3 is 15.0 Å². The summed E-state index contributed by atoms with van der Waals surface area (Å²) >= 11 is 6.07. The van der Waals surface area contributed by atoms with Crippen LogP contribution in [-0.4, -0.2) is 46.3 Å². The second-order valence-electron chi connectivity index (χ2n) is 8.52. The van der Waals surface area contributed by atoms with Crippen LogP contribution in [-0.2, 0) is 9.53 Å². The van der Waals surface area contributed by atoms with E-state index in [0.717, 1.165) is 48.4 Å². The summed E-state index contributed by atoms with van der Waals surface area (Å²) in [6.07, 6.45) is 2.66. The molecular weight excluding hydrogens is 460 g/mol. The van der Waals surface area contributed by atoms with Crippen LogP contribution in [0.1, 0.15) is 51.0 Å². The maximum atomic E-state index is 11.9. The van der Waals surface area contributed by atoms with Gasteiger partial charge in [-0.3, -0.25) is 13.9 Å². The van der Waals surface area contributed by atoms with Gasteiger partial charge in [0.25, 0.3) is 0 Å². The lowest BCUT2D eigenvalue weighted by Gasteiger charge is -2.44. The SMILES string of the molecule is CCC(CC(=O)OC)c1ccc(N(CC)C2CCS(O)(O)CC2)c(Nc2ccc(Cl)cc2)c1. The Balaban J connectivity index is 1.96. The van der Waals surface area contributed by atoms with Gasteiger partial charge in [-0.1, -0.05) is 24.6 Å². The molecule has 33 heavy (non-hydrogen) atoms. The van der Waals surface area contributed by atoms with Crippen LogP contribution >= 0.6 is 22.2 Å². The molecule has 3 rings (SSSR count). The minimum absolute atomic E-state index is 0.0648. The smallest absolute Gasteiger partial charge is 0.306 e. The van der Waals surface area contributed by atoms with Crippen molar-refractivity contribution >= 4 is 45.2 Å². The molecule has 0 radical (unpaired) electrons. The number of nitrogens with one attached hydrogen (secondary N) is 1. The van der Waals surface area contributed by atoms with E-state index in [1.54, 1.807) is 0 Å². The summed E-state index contributed by atoms with van der Waals surface area (Å²) in [5.41, 5.74) is 4.02. The quantitative estimate of drug-likeness (QED) is 0.329. The first-order chi connectivity index (χ1) is 15.8. The maximum Gasteiger partial charge on any atom is 0.306 e. The molecule has 0 aromatic heterocycles. The molecule has 1 unspecified atom stereocenters. The van der Waals surface area contributed by atoms with E-state index in [4.69, 9.17) is 16.3 Å². The third-order valence-electron chi connectivity index (χ3n) is 6.40. The van der Waals surface area contributed by atoms with Crippen molar-refractivity contribution in [2.45, 2.75) is 51.5 Å². The Morgan fingerprint density at radius 1 is 1.18 bits per heavy atom. The van der Waals surface area contributed by atoms with E-state index in [2.05, 4.69) is 42.3 Å². The summed E-state index contributed by atoms with van der Waals surface area (Å²) < 4.78 is 25.0. The Labute approximate surface area is 203 Å². The summed E-state index contributed by atoms with van der Waals surface area (Å²) in [6.45, 7) is 5.00. The molecule has 0 amide bonds. The number of rotatable bonds is 9. The van der Waals surface area contributed by atoms with Crippen molar-refractivity contribution in [2.24, 2.45) is 0 Å². The highest BCUT2D eigenvalue weighted by atomic mass is 35.5. The first-order valence-electron chi connectivity index (χ1n) is 11.5. The van der Waals surface area contributed by atoms with Crippen molar-refractivity contribution in [3.63, 3.8) is 0 Å². The van der Waals surface area contributed by atoms with Gasteiger partial charge in [0, 0.05) is 34.8 Å². The number of anilines is 3. The fraction of sp³-hybridized carbons (Fsp3) is 0.480. The number of hydrogen-bond donors (Lipinski definition) is 3. The van der Waals surface area contributed by atoms with Gasteiger partial charge >= 0.3 is 5.97 Å². The van der Waals surface area contributed by atoms with Crippen LogP contribution in [0.2, 0.25) is 5.02 Å². The number of carbonyl (C=O) groups is 1. The van der Waals surface area contributed by atoms with Gasteiger partial charge in [0.2, 0.25) is 0 Å². The number of halogens is 1. The zero-order valence-corrected chi connectivity index (χ0v) is 21.2. The zero-order valence-electron chi connectivity index (χ0n) is 19.6. The largest absolute Gasteiger partial charge is 0.469 e. The highest BCUT2D eigenvalue weighted by molar-refractivity contribution is 8.24. The molecule has 2 aromatic rings. The van der Waals surface area contributed by atoms with E-state index < -0.39 is 10.6 Å². The highest BCUT2D eigenvalue weighted by Gasteiger charge is 2.29. The number of esters is 1. The molecule has 8 heteroatoms. The van der Waals surface area contributed by atoms with Crippen molar-refractivity contribution in [3.8, 4) is 0 Å². The molecule has 1 atom stereocenters. The van der Waals surface area contributed by atoms with Gasteiger partial charge in [0.15, 0.2) is 0 Å². The maximum absolute atomic E-state index is 11.9. The molecule has 0 aliphatic carbocycles. The lowest BCUT2D eigenvalue weighted by Crippen LogP contribution is -2.40. The number of hydrogen-bond acceptors (Lipinski definition) is 6. The van der Waals surface area contributed by atoms with E-state index in [0.29, 0.717) is 22.9 Å². The molecule has 1 aliphatic rings. The zero-order chi connectivity index (χ0) is 24.0. The van der Waals surface area contributed by atoms with Gasteiger partial charge in [0.05, 0.1) is 24.9 Å². The molecule has 0 bridgehead atoms. The summed E-state index contributed by atoms with van der Waals surface area (Å²) in [5.74, 6) is 0.747. The van der Waals surface area contributed by atoms with Gasteiger partial charge in [-0.2, -0.15) is 10.6 Å². The summed E-state index contributed by atoms with van der Waals surface area (Å²) in [7, 11) is -1.02. The molecule has 0 saturated carbocycles.